The Morgan fingerprint density at radius 3 is 2.62 bits per heavy atom. The van der Waals surface area contributed by atoms with Gasteiger partial charge in [-0.05, 0) is 11.6 Å². The molecular formula is C13H10ClNO. The van der Waals surface area contributed by atoms with Gasteiger partial charge in [0, 0.05) is 24.4 Å². The smallest absolute Gasteiger partial charge is 0.167 e. The first-order valence-corrected chi connectivity index (χ1v) is 5.32. The van der Waals surface area contributed by atoms with E-state index in [1.807, 2.05) is 18.2 Å². The highest BCUT2D eigenvalue weighted by atomic mass is 35.5. The maximum absolute atomic E-state index is 11.9. The van der Waals surface area contributed by atoms with E-state index in [0.29, 0.717) is 17.0 Å². The lowest BCUT2D eigenvalue weighted by atomic mass is 10.0. The fraction of sp³-hybridized carbons (Fsp3) is 0.0769. The molecule has 0 aliphatic carbocycles. The molecule has 0 amide bonds. The van der Waals surface area contributed by atoms with Crippen molar-refractivity contribution in [2.75, 3.05) is 0 Å². The number of benzene rings is 1. The molecule has 0 aliphatic rings. The Morgan fingerprint density at radius 1 is 1.19 bits per heavy atom. The van der Waals surface area contributed by atoms with E-state index in [1.165, 1.54) is 0 Å². The van der Waals surface area contributed by atoms with Crippen LogP contribution in [-0.2, 0) is 6.42 Å². The Labute approximate surface area is 98.9 Å². The molecular weight excluding hydrogens is 222 g/mol. The standard InChI is InChI=1S/C13H10ClNO/c14-12-9-15-7-6-11(12)8-13(16)10-4-2-1-3-5-10/h1-7,9H,8H2. The molecule has 0 unspecified atom stereocenters. The minimum absolute atomic E-state index is 0.0636. The van der Waals surface area contributed by atoms with E-state index in [9.17, 15) is 4.79 Å². The van der Waals surface area contributed by atoms with Crippen molar-refractivity contribution >= 4 is 17.4 Å². The van der Waals surface area contributed by atoms with Crippen molar-refractivity contribution in [3.63, 3.8) is 0 Å². The van der Waals surface area contributed by atoms with Gasteiger partial charge in [-0.1, -0.05) is 41.9 Å². The Balaban J connectivity index is 2.18. The molecule has 0 fully saturated rings. The molecule has 0 bridgehead atoms. The van der Waals surface area contributed by atoms with Gasteiger partial charge in [-0.25, -0.2) is 0 Å². The van der Waals surface area contributed by atoms with Crippen molar-refractivity contribution in [1.82, 2.24) is 4.98 Å². The zero-order chi connectivity index (χ0) is 11.4. The first-order chi connectivity index (χ1) is 7.77. The monoisotopic (exact) mass is 231 g/mol. The van der Waals surface area contributed by atoms with Crippen LogP contribution < -0.4 is 0 Å². The molecule has 0 spiro atoms. The van der Waals surface area contributed by atoms with E-state index in [-0.39, 0.29) is 5.78 Å². The number of aromatic nitrogens is 1. The third-order valence-electron chi connectivity index (χ3n) is 2.30. The second kappa shape index (κ2) is 4.90. The third-order valence-corrected chi connectivity index (χ3v) is 2.64. The summed E-state index contributed by atoms with van der Waals surface area (Å²) in [5.74, 6) is 0.0636. The van der Waals surface area contributed by atoms with Gasteiger partial charge in [-0.2, -0.15) is 0 Å². The zero-order valence-corrected chi connectivity index (χ0v) is 9.32. The molecule has 16 heavy (non-hydrogen) atoms. The lowest BCUT2D eigenvalue weighted by molar-refractivity contribution is 0.0993. The van der Waals surface area contributed by atoms with Gasteiger partial charge in [-0.15, -0.1) is 0 Å². The number of ketones is 1. The van der Waals surface area contributed by atoms with Crippen LogP contribution in [0.4, 0.5) is 0 Å². The second-order valence-electron chi connectivity index (χ2n) is 3.43. The zero-order valence-electron chi connectivity index (χ0n) is 8.56. The highest BCUT2D eigenvalue weighted by Crippen LogP contribution is 2.15. The van der Waals surface area contributed by atoms with Crippen molar-refractivity contribution in [1.29, 1.82) is 0 Å². The van der Waals surface area contributed by atoms with Gasteiger partial charge in [0.1, 0.15) is 0 Å². The van der Waals surface area contributed by atoms with E-state index in [4.69, 9.17) is 11.6 Å². The average Bonchev–Trinajstić information content (AvgIpc) is 2.33. The SMILES string of the molecule is O=C(Cc1ccncc1Cl)c1ccccc1. The van der Waals surface area contributed by atoms with Gasteiger partial charge in [-0.3, -0.25) is 9.78 Å². The van der Waals surface area contributed by atoms with E-state index in [1.54, 1.807) is 30.6 Å². The summed E-state index contributed by atoms with van der Waals surface area (Å²) in [5, 5.41) is 0.534. The number of rotatable bonds is 3. The molecule has 1 aromatic heterocycles. The molecule has 0 N–H and O–H groups in total. The minimum atomic E-state index is 0.0636. The first kappa shape index (κ1) is 10.8. The molecule has 0 atom stereocenters. The number of halogens is 1. The van der Waals surface area contributed by atoms with E-state index in [2.05, 4.69) is 4.98 Å². The largest absolute Gasteiger partial charge is 0.294 e. The van der Waals surface area contributed by atoms with Gasteiger partial charge in [0.25, 0.3) is 0 Å². The van der Waals surface area contributed by atoms with Crippen LogP contribution in [0.3, 0.4) is 0 Å². The van der Waals surface area contributed by atoms with Gasteiger partial charge in [0.2, 0.25) is 0 Å². The Hall–Kier alpha value is -1.67. The van der Waals surface area contributed by atoms with Crippen LogP contribution in [0.25, 0.3) is 0 Å². The van der Waals surface area contributed by atoms with Crippen LogP contribution in [0.2, 0.25) is 5.02 Å². The minimum Gasteiger partial charge on any atom is -0.294 e. The number of nitrogens with zero attached hydrogens (tertiary/aromatic N) is 1. The molecule has 0 aliphatic heterocycles. The Bertz CT molecular complexity index is 496. The summed E-state index contributed by atoms with van der Waals surface area (Å²) >= 11 is 5.94. The van der Waals surface area contributed by atoms with E-state index >= 15 is 0 Å². The number of hydrogen-bond acceptors (Lipinski definition) is 2. The number of carbonyl (C=O) groups excluding carboxylic acids is 1. The fourth-order valence-corrected chi connectivity index (χ4v) is 1.63. The maximum Gasteiger partial charge on any atom is 0.167 e. The molecule has 2 rings (SSSR count). The maximum atomic E-state index is 11.9. The molecule has 1 heterocycles. The predicted molar refractivity (Wildman–Crippen MR) is 63.7 cm³/mol. The molecule has 0 saturated carbocycles. The number of carbonyl (C=O) groups is 1. The molecule has 3 heteroatoms. The molecule has 2 nitrogen and oxygen atoms in total. The third kappa shape index (κ3) is 2.47. The van der Waals surface area contributed by atoms with Crippen LogP contribution in [-0.4, -0.2) is 10.8 Å². The van der Waals surface area contributed by atoms with Gasteiger partial charge in [0.15, 0.2) is 5.78 Å². The first-order valence-electron chi connectivity index (χ1n) is 4.94. The summed E-state index contributed by atoms with van der Waals surface area (Å²) in [6.45, 7) is 0. The Morgan fingerprint density at radius 2 is 1.94 bits per heavy atom. The van der Waals surface area contributed by atoms with E-state index in [0.717, 1.165) is 5.56 Å². The molecule has 0 saturated heterocycles. The summed E-state index contributed by atoms with van der Waals surface area (Å²) < 4.78 is 0. The summed E-state index contributed by atoms with van der Waals surface area (Å²) in [6, 6.07) is 11.0. The van der Waals surface area contributed by atoms with Gasteiger partial charge >= 0.3 is 0 Å². The normalized spacial score (nSPS) is 10.1. The number of pyridine rings is 1. The van der Waals surface area contributed by atoms with Crippen molar-refractivity contribution < 1.29 is 4.79 Å². The average molecular weight is 232 g/mol. The Kier molecular flexibility index (Phi) is 3.32. The fourth-order valence-electron chi connectivity index (χ4n) is 1.45. The molecule has 0 radical (unpaired) electrons. The van der Waals surface area contributed by atoms with Crippen molar-refractivity contribution in [3.8, 4) is 0 Å². The highest BCUT2D eigenvalue weighted by Gasteiger charge is 2.08. The summed E-state index contributed by atoms with van der Waals surface area (Å²) in [4.78, 5) is 15.8. The van der Waals surface area contributed by atoms with Crippen molar-refractivity contribution in [3.05, 3.63) is 64.9 Å². The summed E-state index contributed by atoms with van der Waals surface area (Å²) in [6.07, 6.45) is 3.50. The van der Waals surface area contributed by atoms with Gasteiger partial charge in [0.05, 0.1) is 5.02 Å². The quantitative estimate of drug-likeness (QED) is 0.760. The highest BCUT2D eigenvalue weighted by molar-refractivity contribution is 6.31. The van der Waals surface area contributed by atoms with Crippen LogP contribution in [0.1, 0.15) is 15.9 Å². The predicted octanol–water partition coefficient (Wildman–Crippen LogP) is 3.16. The van der Waals surface area contributed by atoms with Crippen molar-refractivity contribution in [2.24, 2.45) is 0 Å². The van der Waals surface area contributed by atoms with Crippen LogP contribution in [0, 0.1) is 0 Å². The lowest BCUT2D eigenvalue weighted by Gasteiger charge is -2.02. The topological polar surface area (TPSA) is 30.0 Å². The summed E-state index contributed by atoms with van der Waals surface area (Å²) in [7, 11) is 0. The van der Waals surface area contributed by atoms with Crippen LogP contribution in [0.15, 0.2) is 48.8 Å². The van der Waals surface area contributed by atoms with Crippen LogP contribution >= 0.6 is 11.6 Å². The van der Waals surface area contributed by atoms with Crippen molar-refractivity contribution in [2.45, 2.75) is 6.42 Å². The van der Waals surface area contributed by atoms with Crippen LogP contribution in [0.5, 0.6) is 0 Å². The molecule has 2 aromatic rings. The molecule has 1 aromatic carbocycles. The number of Topliss-reactive ketones (excluding diaryl/α,β-unsaturated/α-hetero) is 1. The second-order valence-corrected chi connectivity index (χ2v) is 3.84. The number of hydrogen-bond donors (Lipinski definition) is 0. The lowest BCUT2D eigenvalue weighted by Crippen LogP contribution is -2.03. The molecule has 80 valence electrons. The summed E-state index contributed by atoms with van der Waals surface area (Å²) in [5.41, 5.74) is 1.51. The van der Waals surface area contributed by atoms with Gasteiger partial charge < -0.3 is 0 Å². The van der Waals surface area contributed by atoms with E-state index < -0.39 is 0 Å².